The van der Waals surface area contributed by atoms with Crippen LogP contribution in [0.15, 0.2) is 18.2 Å². The van der Waals surface area contributed by atoms with Gasteiger partial charge in [0.25, 0.3) is 0 Å². The van der Waals surface area contributed by atoms with E-state index in [1.165, 1.54) is 0 Å². The van der Waals surface area contributed by atoms with Crippen molar-refractivity contribution in [1.82, 2.24) is 5.32 Å². The maximum Gasteiger partial charge on any atom is 0.223 e. The van der Waals surface area contributed by atoms with Crippen LogP contribution in [0.2, 0.25) is 0 Å². The van der Waals surface area contributed by atoms with Gasteiger partial charge in [-0.2, -0.15) is 0 Å². The summed E-state index contributed by atoms with van der Waals surface area (Å²) >= 11 is 0. The van der Waals surface area contributed by atoms with Crippen LogP contribution in [0.3, 0.4) is 0 Å². The van der Waals surface area contributed by atoms with Gasteiger partial charge in [0.1, 0.15) is 6.10 Å². The van der Waals surface area contributed by atoms with Crippen LogP contribution in [0.25, 0.3) is 0 Å². The second-order valence-corrected chi connectivity index (χ2v) is 5.21. The molecule has 0 saturated heterocycles. The first-order valence-electron chi connectivity index (χ1n) is 6.96. The van der Waals surface area contributed by atoms with Crippen LogP contribution < -0.4 is 10.2 Å². The van der Waals surface area contributed by atoms with Gasteiger partial charge in [-0.05, 0) is 43.6 Å². The summed E-state index contributed by atoms with van der Waals surface area (Å²) in [6, 6.07) is 5.53. The van der Waals surface area contributed by atoms with Crippen molar-refractivity contribution in [3.8, 4) is 0 Å². The van der Waals surface area contributed by atoms with E-state index in [1.807, 2.05) is 19.2 Å². The monoisotopic (exact) mass is 278 g/mol. The molecule has 1 aromatic rings. The van der Waals surface area contributed by atoms with Gasteiger partial charge in [-0.15, -0.1) is 0 Å². The number of fused-ring (bicyclic) bond motifs is 1. The molecule has 0 fully saturated rings. The summed E-state index contributed by atoms with van der Waals surface area (Å²) in [5.74, 6) is 0.0334. The summed E-state index contributed by atoms with van der Waals surface area (Å²) in [6.45, 7) is 2.90. The number of carbonyl (C=O) groups excluding carboxylic acids is 1. The Balaban J connectivity index is 2.14. The molecule has 1 aromatic carbocycles. The summed E-state index contributed by atoms with van der Waals surface area (Å²) in [6.07, 6.45) is -0.387. The molecule has 0 aliphatic carbocycles. The highest BCUT2D eigenvalue weighted by Gasteiger charge is 2.24. The zero-order chi connectivity index (χ0) is 14.7. The Morgan fingerprint density at radius 2 is 2.20 bits per heavy atom. The summed E-state index contributed by atoms with van der Waals surface area (Å²) in [5, 5.41) is 23.0. The van der Waals surface area contributed by atoms with Gasteiger partial charge in [-0.1, -0.05) is 12.1 Å². The van der Waals surface area contributed by atoms with E-state index in [0.29, 0.717) is 25.1 Å². The van der Waals surface area contributed by atoms with Crippen molar-refractivity contribution >= 4 is 11.6 Å². The Hall–Kier alpha value is -1.43. The molecule has 1 aliphatic rings. The molecule has 3 N–H and O–H groups in total. The molecular weight excluding hydrogens is 256 g/mol. The number of amides is 1. The highest BCUT2D eigenvalue weighted by Crippen LogP contribution is 2.31. The molecule has 110 valence electrons. The van der Waals surface area contributed by atoms with Gasteiger partial charge < -0.3 is 20.4 Å². The van der Waals surface area contributed by atoms with E-state index in [0.717, 1.165) is 17.7 Å². The predicted molar refractivity (Wildman–Crippen MR) is 77.7 cm³/mol. The molecule has 5 nitrogen and oxygen atoms in total. The van der Waals surface area contributed by atoms with Crippen molar-refractivity contribution in [3.05, 3.63) is 29.3 Å². The SMILES string of the molecule is CNCCC(O)C(O)c1ccc2c(c1)CCN2C(C)=O. The van der Waals surface area contributed by atoms with Crippen molar-refractivity contribution in [1.29, 1.82) is 0 Å². The molecule has 2 rings (SSSR count). The molecule has 0 bridgehead atoms. The van der Waals surface area contributed by atoms with Crippen LogP contribution in [0.5, 0.6) is 0 Å². The van der Waals surface area contributed by atoms with E-state index >= 15 is 0 Å². The van der Waals surface area contributed by atoms with Crippen molar-refractivity contribution in [3.63, 3.8) is 0 Å². The maximum absolute atomic E-state index is 11.5. The van der Waals surface area contributed by atoms with E-state index in [-0.39, 0.29) is 5.91 Å². The third-order valence-corrected chi connectivity index (χ3v) is 3.78. The van der Waals surface area contributed by atoms with Crippen LogP contribution in [-0.2, 0) is 11.2 Å². The number of benzene rings is 1. The lowest BCUT2D eigenvalue weighted by Gasteiger charge is -2.20. The number of nitrogens with one attached hydrogen (secondary N) is 1. The van der Waals surface area contributed by atoms with Crippen LogP contribution >= 0.6 is 0 Å². The summed E-state index contributed by atoms with van der Waals surface area (Å²) in [7, 11) is 1.81. The van der Waals surface area contributed by atoms with Crippen LogP contribution in [0, 0.1) is 0 Å². The van der Waals surface area contributed by atoms with Gasteiger partial charge >= 0.3 is 0 Å². The van der Waals surface area contributed by atoms with Gasteiger partial charge in [0.05, 0.1) is 6.10 Å². The Kier molecular flexibility index (Phi) is 4.75. The minimum Gasteiger partial charge on any atom is -0.390 e. The minimum atomic E-state index is -0.889. The van der Waals surface area contributed by atoms with Crippen LogP contribution in [0.1, 0.15) is 30.6 Å². The zero-order valence-electron chi connectivity index (χ0n) is 12.0. The average molecular weight is 278 g/mol. The molecule has 0 aromatic heterocycles. The van der Waals surface area contributed by atoms with Gasteiger partial charge in [0.15, 0.2) is 0 Å². The molecule has 0 radical (unpaired) electrons. The molecular formula is C15H22N2O3. The molecule has 0 saturated carbocycles. The maximum atomic E-state index is 11.5. The minimum absolute atomic E-state index is 0.0334. The van der Waals surface area contributed by atoms with Gasteiger partial charge in [-0.25, -0.2) is 0 Å². The highest BCUT2D eigenvalue weighted by atomic mass is 16.3. The Morgan fingerprint density at radius 1 is 1.45 bits per heavy atom. The molecule has 5 heteroatoms. The first-order valence-corrected chi connectivity index (χ1v) is 6.96. The molecule has 1 heterocycles. The number of anilines is 1. The fraction of sp³-hybridized carbons (Fsp3) is 0.533. The summed E-state index contributed by atoms with van der Waals surface area (Å²) in [4.78, 5) is 13.2. The number of hydrogen-bond acceptors (Lipinski definition) is 4. The van der Waals surface area contributed by atoms with Gasteiger partial charge in [0.2, 0.25) is 5.91 Å². The second-order valence-electron chi connectivity index (χ2n) is 5.21. The fourth-order valence-electron chi connectivity index (χ4n) is 2.60. The Labute approximate surface area is 119 Å². The zero-order valence-corrected chi connectivity index (χ0v) is 12.0. The number of aliphatic hydroxyl groups excluding tert-OH is 2. The quantitative estimate of drug-likeness (QED) is 0.737. The standard InChI is InChI=1S/C15H22N2O3/c1-10(18)17-8-6-11-9-12(3-4-13(11)17)15(20)14(19)5-7-16-2/h3-4,9,14-16,19-20H,5-8H2,1-2H3. The first kappa shape index (κ1) is 15.0. The van der Waals surface area contributed by atoms with Crippen molar-refractivity contribution in [2.75, 3.05) is 25.0 Å². The third-order valence-electron chi connectivity index (χ3n) is 3.78. The number of hydrogen-bond donors (Lipinski definition) is 3. The predicted octanol–water partition coefficient (Wildman–Crippen LogP) is 0.599. The van der Waals surface area contributed by atoms with Gasteiger partial charge in [-0.3, -0.25) is 4.79 Å². The fourth-order valence-corrected chi connectivity index (χ4v) is 2.60. The second kappa shape index (κ2) is 6.35. The summed E-state index contributed by atoms with van der Waals surface area (Å²) in [5.41, 5.74) is 2.67. The number of carbonyl (C=O) groups is 1. The van der Waals surface area contributed by atoms with Crippen molar-refractivity contribution in [2.24, 2.45) is 0 Å². The summed E-state index contributed by atoms with van der Waals surface area (Å²) < 4.78 is 0. The lowest BCUT2D eigenvalue weighted by molar-refractivity contribution is -0.116. The van der Waals surface area contributed by atoms with Crippen LogP contribution in [-0.4, -0.2) is 42.4 Å². The Morgan fingerprint density at radius 3 is 2.85 bits per heavy atom. The van der Waals surface area contributed by atoms with E-state index in [4.69, 9.17) is 0 Å². The van der Waals surface area contributed by atoms with E-state index in [9.17, 15) is 15.0 Å². The lowest BCUT2D eigenvalue weighted by atomic mass is 9.99. The molecule has 2 atom stereocenters. The highest BCUT2D eigenvalue weighted by molar-refractivity contribution is 5.93. The molecule has 20 heavy (non-hydrogen) atoms. The molecule has 0 spiro atoms. The molecule has 1 aliphatic heterocycles. The van der Waals surface area contributed by atoms with E-state index in [1.54, 1.807) is 17.9 Å². The first-order chi connectivity index (χ1) is 9.54. The van der Waals surface area contributed by atoms with Crippen molar-refractivity contribution in [2.45, 2.75) is 32.0 Å². The molecule has 1 amide bonds. The Bertz CT molecular complexity index is 490. The van der Waals surface area contributed by atoms with Gasteiger partial charge in [0, 0.05) is 19.2 Å². The largest absolute Gasteiger partial charge is 0.390 e. The molecule has 2 unspecified atom stereocenters. The third kappa shape index (κ3) is 3.00. The van der Waals surface area contributed by atoms with Crippen LogP contribution in [0.4, 0.5) is 5.69 Å². The van der Waals surface area contributed by atoms with E-state index in [2.05, 4.69) is 5.32 Å². The van der Waals surface area contributed by atoms with E-state index < -0.39 is 12.2 Å². The van der Waals surface area contributed by atoms with Crippen molar-refractivity contribution < 1.29 is 15.0 Å². The normalized spacial score (nSPS) is 16.9. The number of nitrogens with zero attached hydrogens (tertiary/aromatic N) is 1. The average Bonchev–Trinajstić information content (AvgIpc) is 2.86. The number of aliphatic hydroxyl groups is 2. The topological polar surface area (TPSA) is 72.8 Å². The smallest absolute Gasteiger partial charge is 0.223 e. The lowest BCUT2D eigenvalue weighted by Crippen LogP contribution is -2.25. The number of rotatable bonds is 5.